The largest absolute Gasteiger partial charge is 0.244 e. The van der Waals surface area contributed by atoms with E-state index in [4.69, 9.17) is 11.6 Å². The van der Waals surface area contributed by atoms with Gasteiger partial charge >= 0.3 is 0 Å². The molecule has 0 spiro atoms. The summed E-state index contributed by atoms with van der Waals surface area (Å²) in [5, 5.41) is 0.453. The van der Waals surface area contributed by atoms with Crippen molar-refractivity contribution >= 4 is 11.6 Å². The molecule has 1 heterocycles. The molecule has 0 amide bonds. The lowest BCUT2D eigenvalue weighted by Crippen LogP contribution is -1.84. The van der Waals surface area contributed by atoms with Gasteiger partial charge in [-0.25, -0.2) is 9.97 Å². The van der Waals surface area contributed by atoms with E-state index in [2.05, 4.69) is 22.1 Å². The van der Waals surface area contributed by atoms with E-state index >= 15 is 0 Å². The topological polar surface area (TPSA) is 25.8 Å². The normalized spacial score (nSPS) is 9.92. The first-order valence-corrected chi connectivity index (χ1v) is 4.09. The highest BCUT2D eigenvalue weighted by molar-refractivity contribution is 6.32. The number of rotatable bonds is 1. The Hall–Kier alpha value is -1.41. The zero-order chi connectivity index (χ0) is 9.10. The maximum Gasteiger partial charge on any atom is 0.140 e. The molecule has 0 bridgehead atoms. The standard InChI is InChI=1S/C10H5ClN2/c11-10-9(6-12-7-13-10)8-4-2-1-3-5-8/h2,4-7H. The molecule has 0 saturated heterocycles. The third-order valence-corrected chi connectivity index (χ3v) is 1.93. The number of halogens is 1. The van der Waals surface area contributed by atoms with Crippen LogP contribution in [0.2, 0.25) is 5.15 Å². The fraction of sp³-hybridized carbons (Fsp3) is 0. The van der Waals surface area contributed by atoms with E-state index in [1.54, 1.807) is 18.3 Å². The Morgan fingerprint density at radius 3 is 2.92 bits per heavy atom. The monoisotopic (exact) mass is 188 g/mol. The van der Waals surface area contributed by atoms with Crippen molar-refractivity contribution in [1.29, 1.82) is 0 Å². The molecule has 62 valence electrons. The molecule has 3 heteroatoms. The van der Waals surface area contributed by atoms with Crippen LogP contribution in [0, 0.1) is 12.1 Å². The molecular formula is C10H5ClN2. The Bertz CT molecular complexity index is 401. The van der Waals surface area contributed by atoms with E-state index in [9.17, 15) is 0 Å². The van der Waals surface area contributed by atoms with Crippen LogP contribution < -0.4 is 0 Å². The smallest absolute Gasteiger partial charge is 0.140 e. The maximum atomic E-state index is 5.88. The molecule has 0 aliphatic carbocycles. The number of hydrogen-bond acceptors (Lipinski definition) is 2. The van der Waals surface area contributed by atoms with E-state index < -0.39 is 0 Å². The Labute approximate surface area is 81.2 Å². The zero-order valence-electron chi connectivity index (χ0n) is 6.66. The minimum atomic E-state index is 0.453. The Balaban J connectivity index is 2.54. The summed E-state index contributed by atoms with van der Waals surface area (Å²) in [6.07, 6.45) is 3.10. The van der Waals surface area contributed by atoms with Gasteiger partial charge in [0.15, 0.2) is 0 Å². The number of hydrogen-bond donors (Lipinski definition) is 0. The lowest BCUT2D eigenvalue weighted by atomic mass is 10.1. The van der Waals surface area contributed by atoms with Crippen LogP contribution in [0.15, 0.2) is 30.7 Å². The summed E-state index contributed by atoms with van der Waals surface area (Å²) in [5.74, 6) is 0. The molecule has 2 aromatic rings. The maximum absolute atomic E-state index is 5.88. The van der Waals surface area contributed by atoms with Crippen molar-refractivity contribution in [2.24, 2.45) is 0 Å². The van der Waals surface area contributed by atoms with E-state index in [-0.39, 0.29) is 0 Å². The van der Waals surface area contributed by atoms with Gasteiger partial charge < -0.3 is 0 Å². The third-order valence-electron chi connectivity index (χ3n) is 1.63. The molecule has 0 aliphatic heterocycles. The number of aromatic nitrogens is 2. The minimum absolute atomic E-state index is 0.453. The highest BCUT2D eigenvalue weighted by atomic mass is 35.5. The molecule has 0 aliphatic rings. The van der Waals surface area contributed by atoms with Crippen LogP contribution in [-0.4, -0.2) is 9.97 Å². The van der Waals surface area contributed by atoms with Crippen molar-refractivity contribution < 1.29 is 0 Å². The summed E-state index contributed by atoms with van der Waals surface area (Å²) in [6.45, 7) is 0. The summed E-state index contributed by atoms with van der Waals surface area (Å²) in [6, 6.07) is 11.1. The second kappa shape index (κ2) is 3.54. The average molecular weight is 189 g/mol. The van der Waals surface area contributed by atoms with Crippen LogP contribution in [-0.2, 0) is 0 Å². The molecule has 0 saturated carbocycles. The zero-order valence-corrected chi connectivity index (χ0v) is 7.42. The summed E-state index contributed by atoms with van der Waals surface area (Å²) < 4.78 is 0. The molecule has 0 N–H and O–H groups in total. The second-order valence-electron chi connectivity index (χ2n) is 2.45. The van der Waals surface area contributed by atoms with E-state index in [1.807, 2.05) is 6.07 Å². The molecule has 2 radical (unpaired) electrons. The van der Waals surface area contributed by atoms with E-state index in [0.29, 0.717) is 5.15 Å². The minimum Gasteiger partial charge on any atom is -0.244 e. The average Bonchev–Trinajstić information content (AvgIpc) is 2.20. The van der Waals surface area contributed by atoms with Gasteiger partial charge in [-0.1, -0.05) is 23.7 Å². The van der Waals surface area contributed by atoms with Gasteiger partial charge in [-0.05, 0) is 23.8 Å². The van der Waals surface area contributed by atoms with Crippen LogP contribution in [0.4, 0.5) is 0 Å². The Kier molecular flexibility index (Phi) is 2.23. The molecule has 1 aromatic heterocycles. The SMILES string of the molecule is Clc1ncncc1-c1c[c][c]cc1. The van der Waals surface area contributed by atoms with Gasteiger partial charge in [0.2, 0.25) is 0 Å². The van der Waals surface area contributed by atoms with Crippen molar-refractivity contribution in [3.05, 3.63) is 48.0 Å². The molecule has 0 atom stereocenters. The fourth-order valence-electron chi connectivity index (χ4n) is 1.02. The number of nitrogens with zero attached hydrogens (tertiary/aromatic N) is 2. The Morgan fingerprint density at radius 1 is 1.31 bits per heavy atom. The first kappa shape index (κ1) is 8.20. The first-order valence-electron chi connectivity index (χ1n) is 3.71. The van der Waals surface area contributed by atoms with Crippen molar-refractivity contribution in [2.45, 2.75) is 0 Å². The van der Waals surface area contributed by atoms with Crippen molar-refractivity contribution in [3.8, 4) is 11.1 Å². The van der Waals surface area contributed by atoms with E-state index in [1.165, 1.54) is 6.33 Å². The predicted octanol–water partition coefficient (Wildman–Crippen LogP) is 2.40. The first-order chi connectivity index (χ1) is 6.38. The van der Waals surface area contributed by atoms with Crippen LogP contribution in [0.5, 0.6) is 0 Å². The van der Waals surface area contributed by atoms with Crippen LogP contribution in [0.25, 0.3) is 11.1 Å². The predicted molar refractivity (Wildman–Crippen MR) is 50.2 cm³/mol. The molecular weight excluding hydrogens is 184 g/mol. The molecule has 2 nitrogen and oxygen atoms in total. The fourth-order valence-corrected chi connectivity index (χ4v) is 1.22. The van der Waals surface area contributed by atoms with Gasteiger partial charge in [-0.3, -0.25) is 0 Å². The number of benzene rings is 1. The van der Waals surface area contributed by atoms with Gasteiger partial charge in [0.1, 0.15) is 11.5 Å². The summed E-state index contributed by atoms with van der Waals surface area (Å²) in [7, 11) is 0. The second-order valence-corrected chi connectivity index (χ2v) is 2.81. The molecule has 0 fully saturated rings. The quantitative estimate of drug-likeness (QED) is 0.643. The molecule has 2 rings (SSSR count). The Morgan fingerprint density at radius 2 is 2.23 bits per heavy atom. The summed E-state index contributed by atoms with van der Waals surface area (Å²) >= 11 is 5.88. The van der Waals surface area contributed by atoms with Gasteiger partial charge in [0, 0.05) is 11.8 Å². The lowest BCUT2D eigenvalue weighted by molar-refractivity contribution is 1.17. The van der Waals surface area contributed by atoms with Crippen molar-refractivity contribution in [1.82, 2.24) is 9.97 Å². The van der Waals surface area contributed by atoms with Crippen LogP contribution in [0.1, 0.15) is 0 Å². The van der Waals surface area contributed by atoms with E-state index in [0.717, 1.165) is 11.1 Å². The van der Waals surface area contributed by atoms with Crippen molar-refractivity contribution in [3.63, 3.8) is 0 Å². The summed E-state index contributed by atoms with van der Waals surface area (Å²) in [5.41, 5.74) is 1.76. The van der Waals surface area contributed by atoms with Gasteiger partial charge in [-0.15, -0.1) is 0 Å². The van der Waals surface area contributed by atoms with Crippen LogP contribution in [0.3, 0.4) is 0 Å². The lowest BCUT2D eigenvalue weighted by Gasteiger charge is -2.00. The van der Waals surface area contributed by atoms with Gasteiger partial charge in [-0.2, -0.15) is 0 Å². The summed E-state index contributed by atoms with van der Waals surface area (Å²) in [4.78, 5) is 7.79. The van der Waals surface area contributed by atoms with Crippen molar-refractivity contribution in [2.75, 3.05) is 0 Å². The van der Waals surface area contributed by atoms with Gasteiger partial charge in [0.25, 0.3) is 0 Å². The molecule has 0 unspecified atom stereocenters. The molecule has 13 heavy (non-hydrogen) atoms. The highest BCUT2D eigenvalue weighted by Crippen LogP contribution is 2.23. The third kappa shape index (κ3) is 1.68. The van der Waals surface area contributed by atoms with Gasteiger partial charge in [0.05, 0.1) is 0 Å². The van der Waals surface area contributed by atoms with Crippen LogP contribution >= 0.6 is 11.6 Å². The molecule has 1 aromatic carbocycles. The highest BCUT2D eigenvalue weighted by Gasteiger charge is 2.02.